The van der Waals surface area contributed by atoms with Crippen LogP contribution in [0.4, 0.5) is 22.0 Å². The molecule has 2 nitrogen and oxygen atoms in total. The van der Waals surface area contributed by atoms with Crippen molar-refractivity contribution in [1.82, 2.24) is 4.98 Å². The van der Waals surface area contributed by atoms with E-state index < -0.39 is 24.1 Å². The second-order valence-corrected chi connectivity index (χ2v) is 4.38. The van der Waals surface area contributed by atoms with Gasteiger partial charge < -0.3 is 4.74 Å². The Labute approximate surface area is 115 Å². The molecule has 9 heteroatoms. The van der Waals surface area contributed by atoms with Crippen molar-refractivity contribution < 1.29 is 26.7 Å². The third kappa shape index (κ3) is 4.19. The molecular weight excluding hydrogens is 428 g/mol. The van der Waals surface area contributed by atoms with Gasteiger partial charge in [-0.2, -0.15) is 0 Å². The van der Waals surface area contributed by atoms with Crippen LogP contribution in [0.3, 0.4) is 0 Å². The predicted octanol–water partition coefficient (Wildman–Crippen LogP) is 4.42. The number of aromatic nitrogens is 1. The maximum atomic E-state index is 12.6. The van der Waals surface area contributed by atoms with Crippen LogP contribution in [0.5, 0.6) is 5.75 Å². The summed E-state index contributed by atoms with van der Waals surface area (Å²) in [7, 11) is 0. The Balaban J connectivity index is 3.27. The van der Waals surface area contributed by atoms with Crippen molar-refractivity contribution >= 4 is 38.5 Å². The highest BCUT2D eigenvalue weighted by Gasteiger charge is 2.34. The van der Waals surface area contributed by atoms with Crippen molar-refractivity contribution in [2.24, 2.45) is 0 Å². The molecule has 1 heterocycles. The molecule has 0 amide bonds. The number of halogens is 7. The SMILES string of the molecule is FC(F)c1c(OC(F)(F)F)cc(CBr)nc1I. The van der Waals surface area contributed by atoms with Gasteiger partial charge in [0.15, 0.2) is 0 Å². The Morgan fingerprint density at radius 3 is 2.41 bits per heavy atom. The van der Waals surface area contributed by atoms with Gasteiger partial charge in [-0.25, -0.2) is 13.8 Å². The van der Waals surface area contributed by atoms with Crippen LogP contribution in [-0.2, 0) is 5.33 Å². The number of hydrogen-bond acceptors (Lipinski definition) is 2. The lowest BCUT2D eigenvalue weighted by molar-refractivity contribution is -0.275. The highest BCUT2D eigenvalue weighted by atomic mass is 127. The molecule has 0 N–H and O–H groups in total. The highest BCUT2D eigenvalue weighted by Crippen LogP contribution is 2.36. The molecule has 0 unspecified atom stereocenters. The first-order valence-electron chi connectivity index (χ1n) is 4.03. The molecular formula is C8H4BrF5INO. The van der Waals surface area contributed by atoms with Crippen LogP contribution in [0.2, 0.25) is 0 Å². The van der Waals surface area contributed by atoms with E-state index in [1.54, 1.807) is 0 Å². The smallest absolute Gasteiger partial charge is 0.405 e. The van der Waals surface area contributed by atoms with Gasteiger partial charge in [0.25, 0.3) is 6.43 Å². The largest absolute Gasteiger partial charge is 0.573 e. The summed E-state index contributed by atoms with van der Waals surface area (Å²) in [5.41, 5.74) is -0.675. The topological polar surface area (TPSA) is 22.1 Å². The first kappa shape index (κ1) is 14.9. The fourth-order valence-corrected chi connectivity index (χ4v) is 2.12. The van der Waals surface area contributed by atoms with E-state index in [1.807, 2.05) is 0 Å². The van der Waals surface area contributed by atoms with Crippen molar-refractivity contribution in [2.45, 2.75) is 18.1 Å². The van der Waals surface area contributed by atoms with Gasteiger partial charge in [0.2, 0.25) is 0 Å². The summed E-state index contributed by atoms with van der Waals surface area (Å²) in [5, 5.41) is 0.140. The van der Waals surface area contributed by atoms with Gasteiger partial charge >= 0.3 is 6.36 Å². The minimum Gasteiger partial charge on any atom is -0.405 e. The standard InChI is InChI=1S/C8H4BrF5INO/c9-2-3-1-4(17-8(12,13)14)5(6(10)11)7(15)16-3/h1,6H,2H2. The van der Waals surface area contributed by atoms with E-state index in [0.717, 1.165) is 6.07 Å². The van der Waals surface area contributed by atoms with E-state index in [9.17, 15) is 22.0 Å². The van der Waals surface area contributed by atoms with Crippen LogP contribution in [0.25, 0.3) is 0 Å². The van der Waals surface area contributed by atoms with Gasteiger partial charge in [0, 0.05) is 11.4 Å². The summed E-state index contributed by atoms with van der Waals surface area (Å²) < 4.78 is 64.7. The van der Waals surface area contributed by atoms with Crippen LogP contribution in [0, 0.1) is 3.70 Å². The van der Waals surface area contributed by atoms with Crippen molar-refractivity contribution in [3.8, 4) is 5.75 Å². The molecule has 1 aromatic rings. The molecule has 0 saturated carbocycles. The van der Waals surface area contributed by atoms with Gasteiger partial charge in [-0.05, 0) is 22.6 Å². The number of nitrogens with zero attached hydrogens (tertiary/aromatic N) is 1. The Morgan fingerprint density at radius 2 is 2.00 bits per heavy atom. The van der Waals surface area contributed by atoms with Crippen molar-refractivity contribution in [1.29, 1.82) is 0 Å². The molecule has 17 heavy (non-hydrogen) atoms. The zero-order valence-electron chi connectivity index (χ0n) is 7.86. The number of rotatable bonds is 3. The third-order valence-corrected chi connectivity index (χ3v) is 3.00. The molecule has 0 aromatic carbocycles. The van der Waals surface area contributed by atoms with E-state index in [-0.39, 0.29) is 14.7 Å². The van der Waals surface area contributed by atoms with Gasteiger partial charge in [0.05, 0.1) is 11.3 Å². The molecule has 0 spiro atoms. The lowest BCUT2D eigenvalue weighted by Gasteiger charge is -2.14. The average molecular weight is 432 g/mol. The molecule has 0 saturated heterocycles. The van der Waals surface area contributed by atoms with Crippen molar-refractivity contribution in [2.75, 3.05) is 0 Å². The lowest BCUT2D eigenvalue weighted by atomic mass is 10.2. The second-order valence-electron chi connectivity index (χ2n) is 2.80. The molecule has 1 aromatic heterocycles. The zero-order valence-corrected chi connectivity index (χ0v) is 11.6. The molecule has 0 aliphatic heterocycles. The monoisotopic (exact) mass is 431 g/mol. The normalized spacial score (nSPS) is 12.0. The van der Waals surface area contributed by atoms with Crippen molar-refractivity contribution in [3.63, 3.8) is 0 Å². The van der Waals surface area contributed by atoms with Crippen LogP contribution < -0.4 is 4.74 Å². The summed E-state index contributed by atoms with van der Waals surface area (Å²) in [6.07, 6.45) is -8.10. The van der Waals surface area contributed by atoms with E-state index in [4.69, 9.17) is 0 Å². The maximum Gasteiger partial charge on any atom is 0.573 e. The van der Waals surface area contributed by atoms with E-state index in [2.05, 4.69) is 25.7 Å². The first-order chi connectivity index (χ1) is 7.74. The maximum absolute atomic E-state index is 12.6. The number of ether oxygens (including phenoxy) is 1. The fraction of sp³-hybridized carbons (Fsp3) is 0.375. The van der Waals surface area contributed by atoms with Gasteiger partial charge in [-0.1, -0.05) is 15.9 Å². The number of hydrogen-bond donors (Lipinski definition) is 0. The Hall–Kier alpha value is -0.190. The quantitative estimate of drug-likeness (QED) is 0.306. The molecule has 0 aliphatic carbocycles. The second kappa shape index (κ2) is 5.63. The van der Waals surface area contributed by atoms with Crippen LogP contribution >= 0.6 is 38.5 Å². The summed E-state index contributed by atoms with van der Waals surface area (Å²) in [5.74, 6) is -0.915. The van der Waals surface area contributed by atoms with Crippen LogP contribution in [0.15, 0.2) is 6.07 Å². The van der Waals surface area contributed by atoms with Gasteiger partial charge in [0.1, 0.15) is 9.45 Å². The molecule has 0 bridgehead atoms. The van der Waals surface area contributed by atoms with Crippen LogP contribution in [0.1, 0.15) is 17.7 Å². The van der Waals surface area contributed by atoms with Gasteiger partial charge in [-0.3, -0.25) is 0 Å². The highest BCUT2D eigenvalue weighted by molar-refractivity contribution is 14.1. The first-order valence-corrected chi connectivity index (χ1v) is 6.23. The summed E-state index contributed by atoms with van der Waals surface area (Å²) in [4.78, 5) is 3.72. The molecule has 0 fully saturated rings. The summed E-state index contributed by atoms with van der Waals surface area (Å²) >= 11 is 4.42. The summed E-state index contributed by atoms with van der Waals surface area (Å²) in [6.45, 7) is 0. The minimum atomic E-state index is -5.02. The molecule has 1 rings (SSSR count). The molecule has 96 valence electrons. The minimum absolute atomic E-state index is 0.140. The Kier molecular flexibility index (Phi) is 4.93. The Bertz CT molecular complexity index is 412. The van der Waals surface area contributed by atoms with Crippen LogP contribution in [-0.4, -0.2) is 11.3 Å². The molecule has 0 aliphatic rings. The number of alkyl halides is 6. The van der Waals surface area contributed by atoms with E-state index in [0.29, 0.717) is 0 Å². The zero-order chi connectivity index (χ0) is 13.2. The Morgan fingerprint density at radius 1 is 1.41 bits per heavy atom. The average Bonchev–Trinajstić information content (AvgIpc) is 2.13. The number of pyridine rings is 1. The van der Waals surface area contributed by atoms with E-state index >= 15 is 0 Å². The fourth-order valence-electron chi connectivity index (χ4n) is 1.02. The lowest BCUT2D eigenvalue weighted by Crippen LogP contribution is -2.19. The third-order valence-electron chi connectivity index (χ3n) is 1.61. The summed E-state index contributed by atoms with van der Waals surface area (Å²) in [6, 6.07) is 0.839. The predicted molar refractivity (Wildman–Crippen MR) is 61.2 cm³/mol. The molecule has 0 radical (unpaired) electrons. The van der Waals surface area contributed by atoms with Gasteiger partial charge in [-0.15, -0.1) is 13.2 Å². The van der Waals surface area contributed by atoms with Crippen molar-refractivity contribution in [3.05, 3.63) is 21.0 Å². The van der Waals surface area contributed by atoms with E-state index in [1.165, 1.54) is 22.6 Å². The molecule has 0 atom stereocenters.